The molecule has 26 heavy (non-hydrogen) atoms. The lowest BCUT2D eigenvalue weighted by Gasteiger charge is -2.31. The summed E-state index contributed by atoms with van der Waals surface area (Å²) >= 11 is 5.83. The third-order valence-electron chi connectivity index (χ3n) is 4.68. The highest BCUT2D eigenvalue weighted by atomic mass is 35.5. The van der Waals surface area contributed by atoms with Crippen molar-refractivity contribution in [2.45, 2.75) is 12.3 Å². The first-order valence-electron chi connectivity index (χ1n) is 8.78. The topological polar surface area (TPSA) is 53.9 Å². The van der Waals surface area contributed by atoms with Gasteiger partial charge in [0.05, 0.1) is 39.0 Å². The molecule has 5 nitrogen and oxygen atoms in total. The molecule has 1 heterocycles. The first-order chi connectivity index (χ1) is 12.4. The first kappa shape index (κ1) is 19.2. The van der Waals surface area contributed by atoms with Gasteiger partial charge in [-0.15, -0.1) is 0 Å². The van der Waals surface area contributed by atoms with E-state index in [4.69, 9.17) is 11.6 Å². The fraction of sp³-hybridized carbons (Fsp3) is 0.368. The van der Waals surface area contributed by atoms with Gasteiger partial charge in [0.15, 0.2) is 0 Å². The molecule has 0 aromatic heterocycles. The summed E-state index contributed by atoms with van der Waals surface area (Å²) in [5.41, 5.74) is 2.87. The Hall–Kier alpha value is -1.60. The third kappa shape index (κ3) is 5.45. The van der Waals surface area contributed by atoms with Crippen LogP contribution in [0.2, 0.25) is 5.02 Å². The molecule has 0 bridgehead atoms. The minimum Gasteiger partial charge on any atom is -0.360 e. The Kier molecular flexibility index (Phi) is 6.19. The number of hydrogen-bond acceptors (Lipinski definition) is 3. The molecule has 2 aromatic carbocycles. The zero-order valence-electron chi connectivity index (χ0n) is 14.9. The maximum atomic E-state index is 12.2. The lowest BCUT2D eigenvalue weighted by Crippen LogP contribution is -3.12. The minimum absolute atomic E-state index is 0.0497. The molecule has 1 aliphatic rings. The van der Waals surface area contributed by atoms with Gasteiger partial charge in [0.1, 0.15) is 0 Å². The summed E-state index contributed by atoms with van der Waals surface area (Å²) < 4.78 is 27.2. The van der Waals surface area contributed by atoms with Gasteiger partial charge in [-0.25, -0.2) is 13.1 Å². The number of likely N-dealkylation sites (N-methyl/N-ethyl adjacent to an activating group) is 1. The molecule has 0 spiro atoms. The number of anilines is 1. The number of quaternary nitrogens is 1. The lowest BCUT2D eigenvalue weighted by molar-refractivity contribution is -0.880. The minimum atomic E-state index is -3.39. The lowest BCUT2D eigenvalue weighted by atomic mass is 10.2. The van der Waals surface area contributed by atoms with Crippen LogP contribution >= 0.6 is 11.6 Å². The number of piperazine rings is 1. The molecule has 0 radical (unpaired) electrons. The maximum Gasteiger partial charge on any atom is 0.216 e. The van der Waals surface area contributed by atoms with Crippen molar-refractivity contribution in [3.63, 3.8) is 0 Å². The second-order valence-electron chi connectivity index (χ2n) is 6.82. The van der Waals surface area contributed by atoms with Crippen molar-refractivity contribution in [1.82, 2.24) is 4.72 Å². The summed E-state index contributed by atoms with van der Waals surface area (Å²) in [6, 6.07) is 15.0. The zero-order valence-corrected chi connectivity index (χ0v) is 16.5. The number of sulfonamides is 1. The van der Waals surface area contributed by atoms with Crippen LogP contribution in [0.3, 0.4) is 0 Å². The van der Waals surface area contributed by atoms with E-state index < -0.39 is 10.0 Å². The van der Waals surface area contributed by atoms with E-state index in [0.29, 0.717) is 11.6 Å². The molecule has 1 fully saturated rings. The van der Waals surface area contributed by atoms with Gasteiger partial charge < -0.3 is 9.80 Å². The van der Waals surface area contributed by atoms with Gasteiger partial charge >= 0.3 is 0 Å². The smallest absolute Gasteiger partial charge is 0.216 e. The van der Waals surface area contributed by atoms with Gasteiger partial charge in [-0.2, -0.15) is 0 Å². The largest absolute Gasteiger partial charge is 0.360 e. The van der Waals surface area contributed by atoms with E-state index in [0.717, 1.165) is 37.3 Å². The van der Waals surface area contributed by atoms with Crippen LogP contribution in [0.25, 0.3) is 0 Å². The van der Waals surface area contributed by atoms with Crippen LogP contribution in [0.1, 0.15) is 11.1 Å². The van der Waals surface area contributed by atoms with Crippen molar-refractivity contribution in [2.75, 3.05) is 38.1 Å². The molecular weight excluding hydrogens is 370 g/mol. The molecule has 0 amide bonds. The molecule has 0 unspecified atom stereocenters. The Morgan fingerprint density at radius 1 is 1.00 bits per heavy atom. The van der Waals surface area contributed by atoms with E-state index in [1.807, 2.05) is 12.1 Å². The van der Waals surface area contributed by atoms with E-state index in [2.05, 4.69) is 28.8 Å². The van der Waals surface area contributed by atoms with Crippen molar-refractivity contribution < 1.29 is 13.3 Å². The van der Waals surface area contributed by atoms with Gasteiger partial charge in [0.25, 0.3) is 0 Å². The predicted molar refractivity (Wildman–Crippen MR) is 106 cm³/mol. The summed E-state index contributed by atoms with van der Waals surface area (Å²) in [7, 11) is -1.17. The van der Waals surface area contributed by atoms with Crippen molar-refractivity contribution in [1.29, 1.82) is 0 Å². The SMILES string of the molecule is C[NH+]1CCN(c2ccc(CNS(=O)(=O)Cc3ccc(Cl)cc3)cc2)CC1. The summed E-state index contributed by atoms with van der Waals surface area (Å²) in [6.45, 7) is 4.69. The molecule has 140 valence electrons. The molecule has 0 saturated carbocycles. The molecule has 2 N–H and O–H groups in total. The third-order valence-corrected chi connectivity index (χ3v) is 6.23. The number of hydrogen-bond donors (Lipinski definition) is 2. The van der Waals surface area contributed by atoms with E-state index in [-0.39, 0.29) is 5.75 Å². The average molecular weight is 395 g/mol. The number of benzene rings is 2. The Morgan fingerprint density at radius 2 is 1.58 bits per heavy atom. The summed E-state index contributed by atoms with van der Waals surface area (Å²) in [5, 5.41) is 0.598. The Labute approximate surface area is 160 Å². The number of rotatable bonds is 6. The zero-order chi connectivity index (χ0) is 18.6. The number of nitrogens with one attached hydrogen (secondary N) is 2. The van der Waals surface area contributed by atoms with Gasteiger partial charge in [0.2, 0.25) is 10.0 Å². The molecule has 0 aliphatic carbocycles. The van der Waals surface area contributed by atoms with Crippen LogP contribution in [0.5, 0.6) is 0 Å². The highest BCUT2D eigenvalue weighted by molar-refractivity contribution is 7.88. The van der Waals surface area contributed by atoms with E-state index in [1.165, 1.54) is 5.69 Å². The van der Waals surface area contributed by atoms with Crippen LogP contribution in [0.4, 0.5) is 5.69 Å². The summed E-state index contributed by atoms with van der Waals surface area (Å²) in [6.07, 6.45) is 0. The molecule has 1 aliphatic heterocycles. The molecule has 7 heteroatoms. The van der Waals surface area contributed by atoms with Gasteiger partial charge in [-0.1, -0.05) is 35.9 Å². The van der Waals surface area contributed by atoms with Crippen molar-refractivity contribution in [2.24, 2.45) is 0 Å². The molecular formula is C19H25ClN3O2S+. The second kappa shape index (κ2) is 8.39. The van der Waals surface area contributed by atoms with Crippen LogP contribution < -0.4 is 14.5 Å². The van der Waals surface area contributed by atoms with Gasteiger partial charge in [-0.3, -0.25) is 0 Å². The van der Waals surface area contributed by atoms with Crippen LogP contribution in [-0.4, -0.2) is 41.6 Å². The van der Waals surface area contributed by atoms with E-state index in [9.17, 15) is 8.42 Å². The molecule has 3 rings (SSSR count). The number of halogens is 1. The molecule has 2 aromatic rings. The monoisotopic (exact) mass is 394 g/mol. The van der Waals surface area contributed by atoms with Crippen LogP contribution in [0, 0.1) is 0 Å². The van der Waals surface area contributed by atoms with Crippen molar-refractivity contribution in [3.05, 3.63) is 64.7 Å². The predicted octanol–water partition coefficient (Wildman–Crippen LogP) is 1.29. The standard InChI is InChI=1S/C19H24ClN3O2S/c1-22-10-12-23(13-11-22)19-8-4-16(5-9-19)14-21-26(24,25)15-17-2-6-18(20)7-3-17/h2-9,21H,10-15H2,1H3/p+1. The number of nitrogens with zero attached hydrogens (tertiary/aromatic N) is 1. The fourth-order valence-electron chi connectivity index (χ4n) is 3.02. The van der Waals surface area contributed by atoms with Crippen LogP contribution in [-0.2, 0) is 22.3 Å². The average Bonchev–Trinajstić information content (AvgIpc) is 2.63. The molecule has 0 atom stereocenters. The molecule has 1 saturated heterocycles. The first-order valence-corrected chi connectivity index (χ1v) is 10.8. The van der Waals surface area contributed by atoms with Crippen molar-refractivity contribution >= 4 is 27.3 Å². The normalized spacial score (nSPS) is 16.0. The van der Waals surface area contributed by atoms with Crippen molar-refractivity contribution in [3.8, 4) is 0 Å². The highest BCUT2D eigenvalue weighted by Crippen LogP contribution is 2.16. The quantitative estimate of drug-likeness (QED) is 0.776. The Balaban J connectivity index is 1.54. The second-order valence-corrected chi connectivity index (χ2v) is 9.06. The van der Waals surface area contributed by atoms with E-state index >= 15 is 0 Å². The van der Waals surface area contributed by atoms with Gasteiger partial charge in [-0.05, 0) is 35.4 Å². The fourth-order valence-corrected chi connectivity index (χ4v) is 4.26. The summed E-state index contributed by atoms with van der Waals surface area (Å²) in [4.78, 5) is 3.94. The Morgan fingerprint density at radius 3 is 2.19 bits per heavy atom. The van der Waals surface area contributed by atoms with E-state index in [1.54, 1.807) is 29.2 Å². The summed E-state index contributed by atoms with van der Waals surface area (Å²) in [5.74, 6) is -0.0497. The Bertz CT molecular complexity index is 815. The van der Waals surface area contributed by atoms with Crippen LogP contribution in [0.15, 0.2) is 48.5 Å². The maximum absolute atomic E-state index is 12.2. The van der Waals surface area contributed by atoms with Gasteiger partial charge in [0, 0.05) is 17.3 Å². The highest BCUT2D eigenvalue weighted by Gasteiger charge is 2.17.